The van der Waals surface area contributed by atoms with Crippen LogP contribution in [0.4, 0.5) is 0 Å². The first-order valence-electron chi connectivity index (χ1n) is 6.13. The van der Waals surface area contributed by atoms with Crippen molar-refractivity contribution in [1.82, 2.24) is 0 Å². The first-order chi connectivity index (χ1) is 6.86. The highest BCUT2D eigenvalue weighted by molar-refractivity contribution is 4.60. The summed E-state index contributed by atoms with van der Waals surface area (Å²) < 4.78 is 11.5. The largest absolute Gasteiger partial charge is 0.353 e. The Balaban J connectivity index is 2.16. The van der Waals surface area contributed by atoms with Gasteiger partial charge in [0.2, 0.25) is 0 Å². The van der Waals surface area contributed by atoms with Crippen LogP contribution in [0.2, 0.25) is 0 Å². The monoisotopic (exact) mass is 200 g/mol. The Morgan fingerprint density at radius 3 is 2.79 bits per heavy atom. The third-order valence-corrected chi connectivity index (χ3v) is 2.82. The Morgan fingerprint density at radius 2 is 2.21 bits per heavy atom. The second kappa shape index (κ2) is 7.24. The van der Waals surface area contributed by atoms with Crippen LogP contribution in [0.1, 0.15) is 58.8 Å². The van der Waals surface area contributed by atoms with E-state index in [4.69, 9.17) is 9.47 Å². The maximum Gasteiger partial charge on any atom is 0.157 e. The Labute approximate surface area is 88.0 Å². The molecule has 0 aliphatic carbocycles. The average Bonchev–Trinajstić information content (AvgIpc) is 2.25. The average molecular weight is 200 g/mol. The van der Waals surface area contributed by atoms with Crippen LogP contribution in [-0.4, -0.2) is 19.0 Å². The number of unbranched alkanes of at least 4 members (excludes halogenated alkanes) is 1. The second-order valence-corrected chi connectivity index (χ2v) is 4.10. The van der Waals surface area contributed by atoms with Gasteiger partial charge in [0.05, 0.1) is 6.10 Å². The summed E-state index contributed by atoms with van der Waals surface area (Å²) in [5.41, 5.74) is 0. The van der Waals surface area contributed by atoms with E-state index in [1.54, 1.807) is 0 Å². The zero-order valence-electron chi connectivity index (χ0n) is 9.63. The van der Waals surface area contributed by atoms with Gasteiger partial charge in [-0.1, -0.05) is 26.7 Å². The van der Waals surface area contributed by atoms with Gasteiger partial charge in [-0.15, -0.1) is 0 Å². The first kappa shape index (κ1) is 12.0. The van der Waals surface area contributed by atoms with Gasteiger partial charge in [-0.25, -0.2) is 0 Å². The Hall–Kier alpha value is -0.0800. The zero-order chi connectivity index (χ0) is 10.2. The first-order valence-corrected chi connectivity index (χ1v) is 6.13. The van der Waals surface area contributed by atoms with Crippen molar-refractivity contribution in [2.75, 3.05) is 6.61 Å². The van der Waals surface area contributed by atoms with E-state index < -0.39 is 0 Å². The van der Waals surface area contributed by atoms with E-state index in [9.17, 15) is 0 Å². The van der Waals surface area contributed by atoms with Crippen LogP contribution < -0.4 is 0 Å². The summed E-state index contributed by atoms with van der Waals surface area (Å²) in [6.45, 7) is 5.31. The minimum absolute atomic E-state index is 0.0885. The van der Waals surface area contributed by atoms with Crippen LogP contribution >= 0.6 is 0 Å². The van der Waals surface area contributed by atoms with Gasteiger partial charge in [-0.3, -0.25) is 0 Å². The highest BCUT2D eigenvalue weighted by atomic mass is 16.7. The Kier molecular flexibility index (Phi) is 6.20. The molecule has 1 fully saturated rings. The van der Waals surface area contributed by atoms with Crippen molar-refractivity contribution in [3.05, 3.63) is 0 Å². The van der Waals surface area contributed by atoms with Gasteiger partial charge in [-0.2, -0.15) is 0 Å². The maximum atomic E-state index is 5.92. The molecule has 0 amide bonds. The quantitative estimate of drug-likeness (QED) is 0.653. The van der Waals surface area contributed by atoms with Crippen LogP contribution in [0.3, 0.4) is 0 Å². The molecule has 14 heavy (non-hydrogen) atoms. The molecule has 84 valence electrons. The topological polar surface area (TPSA) is 18.5 Å². The van der Waals surface area contributed by atoms with Gasteiger partial charge in [0, 0.05) is 6.61 Å². The third-order valence-electron chi connectivity index (χ3n) is 2.82. The molecule has 2 unspecified atom stereocenters. The molecular weight excluding hydrogens is 176 g/mol. The van der Waals surface area contributed by atoms with E-state index >= 15 is 0 Å². The van der Waals surface area contributed by atoms with Gasteiger partial charge >= 0.3 is 0 Å². The fourth-order valence-electron chi connectivity index (χ4n) is 1.83. The minimum atomic E-state index is 0.0885. The van der Waals surface area contributed by atoms with Crippen molar-refractivity contribution < 1.29 is 9.47 Å². The summed E-state index contributed by atoms with van der Waals surface area (Å²) in [4.78, 5) is 0. The summed E-state index contributed by atoms with van der Waals surface area (Å²) in [6.07, 6.45) is 8.87. The molecule has 1 aliphatic rings. The highest BCUT2D eigenvalue weighted by Crippen LogP contribution is 2.18. The fourth-order valence-corrected chi connectivity index (χ4v) is 1.83. The lowest BCUT2D eigenvalue weighted by Crippen LogP contribution is -2.27. The molecule has 0 aromatic rings. The summed E-state index contributed by atoms with van der Waals surface area (Å²) in [7, 11) is 0. The number of rotatable bonds is 6. The molecule has 2 atom stereocenters. The van der Waals surface area contributed by atoms with Crippen molar-refractivity contribution in [3.63, 3.8) is 0 Å². The molecule has 0 aromatic carbocycles. The smallest absolute Gasteiger partial charge is 0.157 e. The standard InChI is InChI=1S/C12H24O2/c1-3-5-8-11(4-2)14-12-9-6-7-10-13-12/h11-12H,3-10H2,1-2H3. The molecule has 0 N–H and O–H groups in total. The molecule has 0 spiro atoms. The van der Waals surface area contributed by atoms with Gasteiger partial charge in [0.15, 0.2) is 6.29 Å². The van der Waals surface area contributed by atoms with E-state index in [0.29, 0.717) is 6.10 Å². The van der Waals surface area contributed by atoms with Crippen molar-refractivity contribution in [2.24, 2.45) is 0 Å². The fraction of sp³-hybridized carbons (Fsp3) is 1.00. The molecule has 0 aromatic heterocycles. The summed E-state index contributed by atoms with van der Waals surface area (Å²) >= 11 is 0. The maximum absolute atomic E-state index is 5.92. The molecule has 0 saturated carbocycles. The molecule has 1 saturated heterocycles. The molecule has 0 radical (unpaired) electrons. The van der Waals surface area contributed by atoms with Crippen LogP contribution in [-0.2, 0) is 9.47 Å². The van der Waals surface area contributed by atoms with E-state index in [-0.39, 0.29) is 6.29 Å². The van der Waals surface area contributed by atoms with Crippen LogP contribution in [0.5, 0.6) is 0 Å². The van der Waals surface area contributed by atoms with Gasteiger partial charge < -0.3 is 9.47 Å². The molecule has 1 aliphatic heterocycles. The third kappa shape index (κ3) is 4.43. The Morgan fingerprint density at radius 1 is 1.36 bits per heavy atom. The lowest BCUT2D eigenvalue weighted by molar-refractivity contribution is -0.189. The molecule has 2 heteroatoms. The van der Waals surface area contributed by atoms with E-state index in [0.717, 1.165) is 19.4 Å². The van der Waals surface area contributed by atoms with E-state index in [2.05, 4.69) is 13.8 Å². The van der Waals surface area contributed by atoms with Crippen molar-refractivity contribution >= 4 is 0 Å². The normalized spacial score (nSPS) is 24.9. The van der Waals surface area contributed by atoms with Gasteiger partial charge in [0.1, 0.15) is 0 Å². The van der Waals surface area contributed by atoms with Gasteiger partial charge in [-0.05, 0) is 32.1 Å². The highest BCUT2D eigenvalue weighted by Gasteiger charge is 2.18. The predicted molar refractivity (Wildman–Crippen MR) is 58.3 cm³/mol. The van der Waals surface area contributed by atoms with Crippen LogP contribution in [0.15, 0.2) is 0 Å². The zero-order valence-corrected chi connectivity index (χ0v) is 9.63. The number of hydrogen-bond donors (Lipinski definition) is 0. The minimum Gasteiger partial charge on any atom is -0.353 e. The van der Waals surface area contributed by atoms with E-state index in [1.807, 2.05) is 0 Å². The lowest BCUT2D eigenvalue weighted by Gasteiger charge is -2.27. The number of ether oxygens (including phenoxy) is 2. The summed E-state index contributed by atoms with van der Waals surface area (Å²) in [6, 6.07) is 0. The van der Waals surface area contributed by atoms with Crippen molar-refractivity contribution in [2.45, 2.75) is 71.2 Å². The molecule has 1 heterocycles. The van der Waals surface area contributed by atoms with Crippen LogP contribution in [0, 0.1) is 0 Å². The number of hydrogen-bond acceptors (Lipinski definition) is 2. The second-order valence-electron chi connectivity index (χ2n) is 4.10. The summed E-state index contributed by atoms with van der Waals surface area (Å²) in [5, 5.41) is 0. The van der Waals surface area contributed by atoms with E-state index in [1.165, 1.54) is 32.1 Å². The molecule has 0 bridgehead atoms. The molecule has 1 rings (SSSR count). The summed E-state index contributed by atoms with van der Waals surface area (Å²) in [5.74, 6) is 0. The predicted octanol–water partition coefficient (Wildman–Crippen LogP) is 3.50. The Bertz CT molecular complexity index is 130. The molecule has 2 nitrogen and oxygen atoms in total. The van der Waals surface area contributed by atoms with Gasteiger partial charge in [0.25, 0.3) is 0 Å². The lowest BCUT2D eigenvalue weighted by atomic mass is 10.1. The van der Waals surface area contributed by atoms with Crippen molar-refractivity contribution in [1.29, 1.82) is 0 Å². The molecular formula is C12H24O2. The van der Waals surface area contributed by atoms with Crippen LogP contribution in [0.25, 0.3) is 0 Å². The SMILES string of the molecule is CCCCC(CC)OC1CCCCO1. The van der Waals surface area contributed by atoms with Crippen molar-refractivity contribution in [3.8, 4) is 0 Å².